The monoisotopic (exact) mass is 356 g/mol. The van der Waals surface area contributed by atoms with Gasteiger partial charge in [0.05, 0.1) is 6.61 Å². The molecule has 0 bridgehead atoms. The molecule has 26 heavy (non-hydrogen) atoms. The molecule has 136 valence electrons. The van der Waals surface area contributed by atoms with E-state index in [0.717, 1.165) is 5.56 Å². The highest BCUT2D eigenvalue weighted by Gasteiger charge is 2.25. The molecule has 1 heterocycles. The molecule has 3 rings (SSSR count). The van der Waals surface area contributed by atoms with Gasteiger partial charge >= 0.3 is 0 Å². The number of amides is 2. The standard InChI is InChI=1S/C19H20N2O5/c1-21(10-13-5-3-2-4-6-13)19(24)15(11-22)20-18(23)14-7-8-16-17(9-14)26-12-25-16/h2-9,15,22H,10-12H2,1H3,(H,20,23)/t15-/m0/s1. The second-order valence-electron chi connectivity index (χ2n) is 5.96. The summed E-state index contributed by atoms with van der Waals surface area (Å²) in [6, 6.07) is 13.2. The fourth-order valence-electron chi connectivity index (χ4n) is 2.67. The van der Waals surface area contributed by atoms with Crippen molar-refractivity contribution in [2.45, 2.75) is 12.6 Å². The van der Waals surface area contributed by atoms with Gasteiger partial charge in [-0.25, -0.2) is 0 Å². The van der Waals surface area contributed by atoms with E-state index in [1.54, 1.807) is 25.2 Å². The first kappa shape index (κ1) is 17.8. The minimum atomic E-state index is -1.03. The van der Waals surface area contributed by atoms with Gasteiger partial charge in [-0.05, 0) is 23.8 Å². The summed E-state index contributed by atoms with van der Waals surface area (Å²) in [7, 11) is 1.63. The van der Waals surface area contributed by atoms with Crippen molar-refractivity contribution in [3.8, 4) is 11.5 Å². The molecule has 7 heteroatoms. The van der Waals surface area contributed by atoms with Crippen molar-refractivity contribution in [2.75, 3.05) is 20.4 Å². The Hall–Kier alpha value is -3.06. The summed E-state index contributed by atoms with van der Waals surface area (Å²) in [4.78, 5) is 26.4. The van der Waals surface area contributed by atoms with Crippen molar-refractivity contribution in [3.05, 3.63) is 59.7 Å². The van der Waals surface area contributed by atoms with Gasteiger partial charge in [0.1, 0.15) is 6.04 Å². The van der Waals surface area contributed by atoms with E-state index in [2.05, 4.69) is 5.32 Å². The number of likely N-dealkylation sites (N-methyl/N-ethyl adjacent to an activating group) is 1. The third-order valence-corrected chi connectivity index (χ3v) is 4.06. The lowest BCUT2D eigenvalue weighted by molar-refractivity contribution is -0.133. The normalized spacial score (nSPS) is 13.2. The zero-order valence-electron chi connectivity index (χ0n) is 14.3. The quantitative estimate of drug-likeness (QED) is 0.811. The van der Waals surface area contributed by atoms with E-state index in [-0.39, 0.29) is 12.7 Å². The number of ether oxygens (including phenoxy) is 2. The molecule has 7 nitrogen and oxygen atoms in total. The molecule has 0 radical (unpaired) electrons. The summed E-state index contributed by atoms with van der Waals surface area (Å²) < 4.78 is 10.5. The van der Waals surface area contributed by atoms with Gasteiger partial charge < -0.3 is 24.8 Å². The minimum Gasteiger partial charge on any atom is -0.454 e. The Kier molecular flexibility index (Phi) is 5.38. The second-order valence-corrected chi connectivity index (χ2v) is 5.96. The molecule has 2 N–H and O–H groups in total. The molecule has 2 amide bonds. The zero-order chi connectivity index (χ0) is 18.5. The molecular formula is C19H20N2O5. The molecule has 1 aliphatic rings. The number of carbonyl (C=O) groups excluding carboxylic acids is 2. The fraction of sp³-hybridized carbons (Fsp3) is 0.263. The lowest BCUT2D eigenvalue weighted by Gasteiger charge is -2.23. The number of aliphatic hydroxyl groups is 1. The highest BCUT2D eigenvalue weighted by Crippen LogP contribution is 2.32. The first-order chi connectivity index (χ1) is 12.6. The summed E-state index contributed by atoms with van der Waals surface area (Å²) in [6.07, 6.45) is 0. The topological polar surface area (TPSA) is 88.1 Å². The highest BCUT2D eigenvalue weighted by atomic mass is 16.7. The van der Waals surface area contributed by atoms with E-state index in [1.165, 1.54) is 4.90 Å². The number of carbonyl (C=O) groups is 2. The Labute approximate surface area is 151 Å². The Morgan fingerprint density at radius 1 is 1.15 bits per heavy atom. The van der Waals surface area contributed by atoms with Crippen LogP contribution in [0, 0.1) is 0 Å². The van der Waals surface area contributed by atoms with Gasteiger partial charge in [0.15, 0.2) is 11.5 Å². The van der Waals surface area contributed by atoms with Gasteiger partial charge in [-0.3, -0.25) is 9.59 Å². The third kappa shape index (κ3) is 3.94. The van der Waals surface area contributed by atoms with Crippen molar-refractivity contribution in [3.63, 3.8) is 0 Å². The van der Waals surface area contributed by atoms with Crippen molar-refractivity contribution in [1.82, 2.24) is 10.2 Å². The summed E-state index contributed by atoms with van der Waals surface area (Å²) in [5.41, 5.74) is 1.29. The molecule has 2 aromatic carbocycles. The Balaban J connectivity index is 1.64. The largest absolute Gasteiger partial charge is 0.454 e. The molecule has 0 aromatic heterocycles. The molecule has 0 spiro atoms. The zero-order valence-corrected chi connectivity index (χ0v) is 14.3. The van der Waals surface area contributed by atoms with Crippen LogP contribution < -0.4 is 14.8 Å². The molecule has 1 atom stereocenters. The van der Waals surface area contributed by atoms with Gasteiger partial charge in [-0.1, -0.05) is 30.3 Å². The maximum atomic E-state index is 12.5. The van der Waals surface area contributed by atoms with Crippen LogP contribution in [-0.2, 0) is 11.3 Å². The summed E-state index contributed by atoms with van der Waals surface area (Å²) >= 11 is 0. The van der Waals surface area contributed by atoms with Crippen LogP contribution in [0.2, 0.25) is 0 Å². The summed E-state index contributed by atoms with van der Waals surface area (Å²) in [5.74, 6) is 0.207. The Bertz CT molecular complexity index is 794. The number of benzene rings is 2. The number of hydrogen-bond acceptors (Lipinski definition) is 5. The van der Waals surface area contributed by atoms with Crippen LogP contribution in [-0.4, -0.2) is 48.3 Å². The van der Waals surface area contributed by atoms with Gasteiger partial charge in [-0.2, -0.15) is 0 Å². The number of fused-ring (bicyclic) bond motifs is 1. The predicted octanol–water partition coefficient (Wildman–Crippen LogP) is 1.16. The van der Waals surface area contributed by atoms with E-state index in [1.807, 2.05) is 30.3 Å². The maximum Gasteiger partial charge on any atom is 0.252 e. The fourth-order valence-corrected chi connectivity index (χ4v) is 2.67. The minimum absolute atomic E-state index is 0.114. The molecule has 1 aliphatic heterocycles. The van der Waals surface area contributed by atoms with Crippen LogP contribution in [0.1, 0.15) is 15.9 Å². The molecule has 0 fully saturated rings. The van der Waals surface area contributed by atoms with Crippen molar-refractivity contribution in [1.29, 1.82) is 0 Å². The van der Waals surface area contributed by atoms with Crippen LogP contribution in [0.5, 0.6) is 11.5 Å². The van der Waals surface area contributed by atoms with Crippen molar-refractivity contribution < 1.29 is 24.2 Å². The SMILES string of the molecule is CN(Cc1ccccc1)C(=O)[C@H](CO)NC(=O)c1ccc2c(c1)OCO2. The molecule has 0 saturated carbocycles. The molecule has 0 unspecified atom stereocenters. The van der Waals surface area contributed by atoms with E-state index in [9.17, 15) is 14.7 Å². The van der Waals surface area contributed by atoms with Crippen LogP contribution >= 0.6 is 0 Å². The smallest absolute Gasteiger partial charge is 0.252 e. The number of nitrogens with zero attached hydrogens (tertiary/aromatic N) is 1. The van der Waals surface area contributed by atoms with E-state index >= 15 is 0 Å². The van der Waals surface area contributed by atoms with Crippen molar-refractivity contribution in [2.24, 2.45) is 0 Å². The number of aliphatic hydroxyl groups excluding tert-OH is 1. The van der Waals surface area contributed by atoms with Crippen LogP contribution in [0.3, 0.4) is 0 Å². The van der Waals surface area contributed by atoms with E-state index in [0.29, 0.717) is 23.6 Å². The molecular weight excluding hydrogens is 336 g/mol. The lowest BCUT2D eigenvalue weighted by Crippen LogP contribution is -2.49. The van der Waals surface area contributed by atoms with Gasteiger partial charge in [0.25, 0.3) is 5.91 Å². The van der Waals surface area contributed by atoms with Crippen LogP contribution in [0.4, 0.5) is 0 Å². The molecule has 2 aromatic rings. The summed E-state index contributed by atoms with van der Waals surface area (Å²) in [5, 5.41) is 12.1. The predicted molar refractivity (Wildman–Crippen MR) is 93.8 cm³/mol. The second kappa shape index (κ2) is 7.88. The van der Waals surface area contributed by atoms with Gasteiger partial charge in [0.2, 0.25) is 12.7 Å². The molecule has 0 saturated heterocycles. The lowest BCUT2D eigenvalue weighted by atomic mass is 10.1. The number of rotatable bonds is 6. The Morgan fingerprint density at radius 3 is 2.62 bits per heavy atom. The maximum absolute atomic E-state index is 12.5. The number of nitrogens with one attached hydrogen (secondary N) is 1. The van der Waals surface area contributed by atoms with E-state index in [4.69, 9.17) is 9.47 Å². The van der Waals surface area contributed by atoms with Crippen molar-refractivity contribution >= 4 is 11.8 Å². The van der Waals surface area contributed by atoms with Gasteiger partial charge in [-0.15, -0.1) is 0 Å². The number of hydrogen-bond donors (Lipinski definition) is 2. The third-order valence-electron chi connectivity index (χ3n) is 4.06. The first-order valence-corrected chi connectivity index (χ1v) is 8.18. The summed E-state index contributed by atoms with van der Waals surface area (Å²) in [6.45, 7) is 0.00671. The van der Waals surface area contributed by atoms with E-state index < -0.39 is 18.6 Å². The molecule has 0 aliphatic carbocycles. The first-order valence-electron chi connectivity index (χ1n) is 8.18. The average Bonchev–Trinajstić information content (AvgIpc) is 3.14. The average molecular weight is 356 g/mol. The Morgan fingerprint density at radius 2 is 1.88 bits per heavy atom. The highest BCUT2D eigenvalue weighted by molar-refractivity contribution is 5.98. The van der Waals surface area contributed by atoms with Crippen LogP contribution in [0.25, 0.3) is 0 Å². The van der Waals surface area contributed by atoms with Gasteiger partial charge in [0, 0.05) is 19.2 Å². The van der Waals surface area contributed by atoms with Crippen LogP contribution in [0.15, 0.2) is 48.5 Å².